The first-order valence-corrected chi connectivity index (χ1v) is 18.3. The molecule has 11 aromatic rings. The van der Waals surface area contributed by atoms with Crippen LogP contribution in [0.4, 0.5) is 5.69 Å². The lowest BCUT2D eigenvalue weighted by Gasteiger charge is -2.18. The van der Waals surface area contributed by atoms with Gasteiger partial charge in [0.1, 0.15) is 6.07 Å². The van der Waals surface area contributed by atoms with Crippen LogP contribution in [0.2, 0.25) is 0 Å². The van der Waals surface area contributed by atoms with Gasteiger partial charge in [-0.15, -0.1) is 0 Å². The Morgan fingerprint density at radius 3 is 1.56 bits per heavy atom. The number of benzene rings is 8. The van der Waals surface area contributed by atoms with Crippen molar-refractivity contribution in [1.82, 2.24) is 13.7 Å². The van der Waals surface area contributed by atoms with Crippen LogP contribution in [0, 0.1) is 17.9 Å². The van der Waals surface area contributed by atoms with E-state index in [-0.39, 0.29) is 0 Å². The molecule has 0 saturated heterocycles. The molecule has 55 heavy (non-hydrogen) atoms. The lowest BCUT2D eigenvalue weighted by molar-refractivity contribution is 1.13. The summed E-state index contributed by atoms with van der Waals surface area (Å²) in [5, 5.41) is 17.1. The van der Waals surface area contributed by atoms with Crippen LogP contribution in [0.1, 0.15) is 5.56 Å². The van der Waals surface area contributed by atoms with E-state index in [4.69, 9.17) is 6.57 Å². The molecule has 0 aliphatic rings. The maximum absolute atomic E-state index is 10.3. The molecule has 0 amide bonds. The lowest BCUT2D eigenvalue weighted by Crippen LogP contribution is -2.02. The van der Waals surface area contributed by atoms with Crippen molar-refractivity contribution >= 4 is 71.1 Å². The molecule has 11 rings (SSSR count). The minimum absolute atomic E-state index is 0.524. The van der Waals surface area contributed by atoms with Crippen molar-refractivity contribution < 1.29 is 0 Å². The number of aromatic nitrogens is 3. The molecule has 0 fully saturated rings. The van der Waals surface area contributed by atoms with Crippen LogP contribution in [0.15, 0.2) is 176 Å². The number of rotatable bonds is 4. The standard InChI is InChI=1S/C50H29N5/c1-52-34-28-33(29-35(30-34)53-44-23-8-5-18-39(44)41-20-12-14-32(31-51)49(41)53)36-15-2-7-22-43(36)55-47-26-11-6-19-40(47)42-21-13-27-48(50(42)55)54-45-24-9-3-16-37(45)38-17-4-10-25-46(38)54/h2-30H. The van der Waals surface area contributed by atoms with E-state index in [2.05, 4.69) is 164 Å². The van der Waals surface area contributed by atoms with Gasteiger partial charge in [0.05, 0.1) is 56.6 Å². The van der Waals surface area contributed by atoms with Crippen molar-refractivity contribution in [2.24, 2.45) is 0 Å². The van der Waals surface area contributed by atoms with Crippen molar-refractivity contribution in [3.8, 4) is 34.3 Å². The van der Waals surface area contributed by atoms with Crippen LogP contribution in [0.25, 0.3) is 98.5 Å². The Morgan fingerprint density at radius 1 is 0.436 bits per heavy atom. The molecule has 3 heterocycles. The first kappa shape index (κ1) is 30.7. The van der Waals surface area contributed by atoms with E-state index in [1.165, 1.54) is 16.2 Å². The SMILES string of the molecule is [C-]#[N+]c1cc(-c2ccccc2-n2c3ccccc3c3cccc(-n4c5ccccc5c5ccccc54)c32)cc(-n2c3ccccc3c3cccc(C#N)c32)c1. The van der Waals surface area contributed by atoms with Crippen molar-refractivity contribution in [2.75, 3.05) is 0 Å². The van der Waals surface area contributed by atoms with Gasteiger partial charge in [-0.3, -0.25) is 0 Å². The summed E-state index contributed by atoms with van der Waals surface area (Å²) in [6.45, 7) is 8.23. The number of fused-ring (bicyclic) bond motifs is 9. The molecule has 0 radical (unpaired) electrons. The third-order valence-electron chi connectivity index (χ3n) is 11.1. The predicted octanol–water partition coefficient (Wildman–Crippen LogP) is 13.1. The number of para-hydroxylation sites is 7. The first-order valence-electron chi connectivity index (χ1n) is 18.3. The molecule has 0 unspecified atom stereocenters. The Morgan fingerprint density at radius 2 is 0.927 bits per heavy atom. The van der Waals surface area contributed by atoms with Crippen LogP contribution < -0.4 is 0 Å². The van der Waals surface area contributed by atoms with Gasteiger partial charge in [-0.2, -0.15) is 5.26 Å². The van der Waals surface area contributed by atoms with Crippen LogP contribution in [-0.4, -0.2) is 13.7 Å². The molecule has 0 bridgehead atoms. The van der Waals surface area contributed by atoms with Crippen molar-refractivity contribution in [3.05, 3.63) is 193 Å². The summed E-state index contributed by atoms with van der Waals surface area (Å²) in [6.07, 6.45) is 0. The number of hydrogen-bond donors (Lipinski definition) is 0. The van der Waals surface area contributed by atoms with Crippen molar-refractivity contribution in [3.63, 3.8) is 0 Å². The zero-order valence-electron chi connectivity index (χ0n) is 29.5. The molecule has 3 aromatic heterocycles. The van der Waals surface area contributed by atoms with Crippen LogP contribution in [0.5, 0.6) is 0 Å². The zero-order chi connectivity index (χ0) is 36.6. The Kier molecular flexibility index (Phi) is 6.61. The molecule has 0 aliphatic heterocycles. The van der Waals surface area contributed by atoms with Crippen LogP contribution in [-0.2, 0) is 0 Å². The average Bonchev–Trinajstić information content (AvgIpc) is 3.89. The number of hydrogen-bond acceptors (Lipinski definition) is 1. The Bertz CT molecular complexity index is 3420. The topological polar surface area (TPSA) is 42.9 Å². The minimum Gasteiger partial charge on any atom is -0.309 e. The second-order valence-corrected chi connectivity index (χ2v) is 13.9. The van der Waals surface area contributed by atoms with E-state index in [1.807, 2.05) is 36.4 Å². The maximum Gasteiger partial charge on any atom is 0.189 e. The monoisotopic (exact) mass is 699 g/mol. The second kappa shape index (κ2) is 11.8. The molecule has 0 aliphatic carbocycles. The molecule has 5 nitrogen and oxygen atoms in total. The number of nitriles is 1. The third kappa shape index (κ3) is 4.39. The van der Waals surface area contributed by atoms with Gasteiger partial charge >= 0.3 is 0 Å². The van der Waals surface area contributed by atoms with E-state index < -0.39 is 0 Å². The molecule has 0 spiro atoms. The summed E-state index contributed by atoms with van der Waals surface area (Å²) in [7, 11) is 0. The Hall–Kier alpha value is -7.86. The Labute approximate surface area is 316 Å². The van der Waals surface area contributed by atoms with E-state index in [0.717, 1.165) is 77.4 Å². The average molecular weight is 700 g/mol. The summed E-state index contributed by atoms with van der Waals surface area (Å²) in [5.74, 6) is 0. The fourth-order valence-corrected chi connectivity index (χ4v) is 8.85. The van der Waals surface area contributed by atoms with Gasteiger partial charge < -0.3 is 13.7 Å². The predicted molar refractivity (Wildman–Crippen MR) is 226 cm³/mol. The fraction of sp³-hybridized carbons (Fsp3) is 0. The highest BCUT2D eigenvalue weighted by molar-refractivity contribution is 6.15. The molecule has 0 saturated carbocycles. The fourth-order valence-electron chi connectivity index (χ4n) is 8.85. The summed E-state index contributed by atoms with van der Waals surface area (Å²) in [6, 6.07) is 63.6. The summed E-state index contributed by atoms with van der Waals surface area (Å²) in [4.78, 5) is 3.99. The Balaban J connectivity index is 1.23. The summed E-state index contributed by atoms with van der Waals surface area (Å²) >= 11 is 0. The highest BCUT2D eigenvalue weighted by Gasteiger charge is 2.22. The van der Waals surface area contributed by atoms with E-state index in [9.17, 15) is 5.26 Å². The van der Waals surface area contributed by atoms with Gasteiger partial charge in [-0.05, 0) is 66.2 Å². The van der Waals surface area contributed by atoms with Crippen LogP contribution >= 0.6 is 0 Å². The van der Waals surface area contributed by atoms with Gasteiger partial charge in [-0.1, -0.05) is 115 Å². The smallest absolute Gasteiger partial charge is 0.189 e. The third-order valence-corrected chi connectivity index (χ3v) is 11.1. The van der Waals surface area contributed by atoms with Crippen molar-refractivity contribution in [2.45, 2.75) is 0 Å². The van der Waals surface area contributed by atoms with Crippen LogP contribution in [0.3, 0.4) is 0 Å². The highest BCUT2D eigenvalue weighted by atomic mass is 15.1. The van der Waals surface area contributed by atoms with E-state index in [1.54, 1.807) is 0 Å². The van der Waals surface area contributed by atoms with Gasteiger partial charge in [-0.25, -0.2) is 4.85 Å². The normalized spacial score (nSPS) is 11.6. The van der Waals surface area contributed by atoms with Gasteiger partial charge in [0, 0.05) is 43.6 Å². The van der Waals surface area contributed by atoms with Gasteiger partial charge in [0.2, 0.25) is 0 Å². The highest BCUT2D eigenvalue weighted by Crippen LogP contribution is 2.43. The first-order chi connectivity index (χ1) is 27.2. The summed E-state index contributed by atoms with van der Waals surface area (Å²) in [5.41, 5.74) is 12.3. The lowest BCUT2D eigenvalue weighted by atomic mass is 10.0. The molecule has 0 N–H and O–H groups in total. The van der Waals surface area contributed by atoms with Gasteiger partial charge in [0.15, 0.2) is 5.69 Å². The largest absolute Gasteiger partial charge is 0.309 e. The zero-order valence-corrected chi connectivity index (χ0v) is 29.5. The minimum atomic E-state index is 0.524. The van der Waals surface area contributed by atoms with E-state index >= 15 is 0 Å². The molecule has 8 aromatic carbocycles. The summed E-state index contributed by atoms with van der Waals surface area (Å²) < 4.78 is 6.94. The van der Waals surface area contributed by atoms with E-state index in [0.29, 0.717) is 11.3 Å². The van der Waals surface area contributed by atoms with Crippen molar-refractivity contribution in [1.29, 1.82) is 5.26 Å². The molecule has 0 atom stereocenters. The maximum atomic E-state index is 10.3. The molecule has 5 heteroatoms. The number of nitrogens with zero attached hydrogens (tertiary/aromatic N) is 5. The molecular weight excluding hydrogens is 671 g/mol. The molecular formula is C50H29N5. The molecule has 254 valence electrons. The second-order valence-electron chi connectivity index (χ2n) is 13.9. The van der Waals surface area contributed by atoms with Gasteiger partial charge in [0.25, 0.3) is 0 Å². The quantitative estimate of drug-likeness (QED) is 0.169.